The summed E-state index contributed by atoms with van der Waals surface area (Å²) in [6, 6.07) is 12.9. The molecule has 2 heterocycles. The number of rotatable bonds is 1. The van der Waals surface area contributed by atoms with Gasteiger partial charge in [-0.1, -0.05) is 18.2 Å². The topological polar surface area (TPSA) is 57.0 Å². The molecule has 1 aromatic carbocycles. The average Bonchev–Trinajstić information content (AvgIpc) is 2.91. The zero-order valence-corrected chi connectivity index (χ0v) is 10.2. The van der Waals surface area contributed by atoms with Crippen LogP contribution in [0.2, 0.25) is 0 Å². The first-order valence-electron chi connectivity index (χ1n) is 6.06. The summed E-state index contributed by atoms with van der Waals surface area (Å²) in [4.78, 5) is 18.4. The normalized spacial score (nSPS) is 12.9. The van der Waals surface area contributed by atoms with E-state index in [2.05, 4.69) is 11.1 Å². The highest BCUT2D eigenvalue weighted by Gasteiger charge is 2.28. The SMILES string of the molecule is N#Cc1ccnc2c1N(C(=O)c1ccccc1)CC2. The van der Waals surface area contributed by atoms with Crippen molar-refractivity contribution in [3.8, 4) is 6.07 Å². The minimum Gasteiger partial charge on any atom is -0.305 e. The summed E-state index contributed by atoms with van der Waals surface area (Å²) in [7, 11) is 0. The van der Waals surface area contributed by atoms with Gasteiger partial charge >= 0.3 is 0 Å². The molecule has 1 aliphatic heterocycles. The van der Waals surface area contributed by atoms with Crippen molar-refractivity contribution >= 4 is 11.6 Å². The van der Waals surface area contributed by atoms with Crippen molar-refractivity contribution in [1.29, 1.82) is 5.26 Å². The third-order valence-electron chi connectivity index (χ3n) is 3.23. The number of nitriles is 1. The van der Waals surface area contributed by atoms with Gasteiger partial charge < -0.3 is 4.90 Å². The van der Waals surface area contributed by atoms with E-state index in [0.29, 0.717) is 29.8 Å². The van der Waals surface area contributed by atoms with Crippen LogP contribution in [0, 0.1) is 11.3 Å². The summed E-state index contributed by atoms with van der Waals surface area (Å²) in [5, 5.41) is 9.16. The van der Waals surface area contributed by atoms with Crippen LogP contribution in [0.1, 0.15) is 21.6 Å². The maximum atomic E-state index is 12.5. The molecule has 1 aromatic heterocycles. The zero-order valence-electron chi connectivity index (χ0n) is 10.2. The Kier molecular flexibility index (Phi) is 2.73. The van der Waals surface area contributed by atoms with E-state index in [1.807, 2.05) is 18.2 Å². The van der Waals surface area contributed by atoms with Crippen LogP contribution in [0.3, 0.4) is 0 Å². The largest absolute Gasteiger partial charge is 0.305 e. The molecule has 0 aliphatic carbocycles. The van der Waals surface area contributed by atoms with E-state index in [1.165, 1.54) is 0 Å². The van der Waals surface area contributed by atoms with Crippen molar-refractivity contribution in [3.63, 3.8) is 0 Å². The number of hydrogen-bond acceptors (Lipinski definition) is 3. The maximum Gasteiger partial charge on any atom is 0.258 e. The lowest BCUT2D eigenvalue weighted by atomic mass is 10.1. The van der Waals surface area contributed by atoms with Crippen LogP contribution in [-0.4, -0.2) is 17.4 Å². The fourth-order valence-electron chi connectivity index (χ4n) is 2.34. The van der Waals surface area contributed by atoms with Gasteiger partial charge in [0, 0.05) is 24.7 Å². The molecular weight excluding hydrogens is 238 g/mol. The van der Waals surface area contributed by atoms with E-state index < -0.39 is 0 Å². The van der Waals surface area contributed by atoms with Crippen LogP contribution in [0.15, 0.2) is 42.6 Å². The van der Waals surface area contributed by atoms with Gasteiger partial charge in [0.05, 0.1) is 16.9 Å². The third-order valence-corrected chi connectivity index (χ3v) is 3.23. The average molecular weight is 249 g/mol. The van der Waals surface area contributed by atoms with Crippen LogP contribution < -0.4 is 4.90 Å². The Labute approximate surface area is 110 Å². The number of nitrogens with zero attached hydrogens (tertiary/aromatic N) is 3. The first-order chi connectivity index (χ1) is 9.31. The van der Waals surface area contributed by atoms with Gasteiger partial charge in [0.2, 0.25) is 0 Å². The molecule has 0 saturated heterocycles. The summed E-state index contributed by atoms with van der Waals surface area (Å²) in [5.41, 5.74) is 2.62. The standard InChI is InChI=1S/C15H11N3O/c16-10-12-6-8-17-13-7-9-18(14(12)13)15(19)11-4-2-1-3-5-11/h1-6,8H,7,9H2. The van der Waals surface area contributed by atoms with Gasteiger partial charge in [0.15, 0.2) is 0 Å². The van der Waals surface area contributed by atoms with Crippen molar-refractivity contribution in [2.75, 3.05) is 11.4 Å². The highest BCUT2D eigenvalue weighted by atomic mass is 16.2. The van der Waals surface area contributed by atoms with Crippen molar-refractivity contribution in [2.24, 2.45) is 0 Å². The lowest BCUT2D eigenvalue weighted by Crippen LogP contribution is -2.29. The molecular formula is C15H11N3O. The zero-order chi connectivity index (χ0) is 13.2. The third kappa shape index (κ3) is 1.85. The van der Waals surface area contributed by atoms with Crippen molar-refractivity contribution in [1.82, 2.24) is 4.98 Å². The van der Waals surface area contributed by atoms with E-state index in [1.54, 1.807) is 29.3 Å². The number of amides is 1. The lowest BCUT2D eigenvalue weighted by Gasteiger charge is -2.17. The predicted octanol–water partition coefficient (Wildman–Crippen LogP) is 2.16. The van der Waals surface area contributed by atoms with Gasteiger partial charge in [-0.2, -0.15) is 5.26 Å². The van der Waals surface area contributed by atoms with Gasteiger partial charge in [-0.3, -0.25) is 9.78 Å². The van der Waals surface area contributed by atoms with Crippen molar-refractivity contribution < 1.29 is 4.79 Å². The molecule has 0 bridgehead atoms. The van der Waals surface area contributed by atoms with Crippen LogP contribution in [-0.2, 0) is 6.42 Å². The summed E-state index contributed by atoms with van der Waals surface area (Å²) in [6.45, 7) is 0.578. The molecule has 0 radical (unpaired) electrons. The predicted molar refractivity (Wildman–Crippen MR) is 70.8 cm³/mol. The number of aromatic nitrogens is 1. The number of pyridine rings is 1. The van der Waals surface area contributed by atoms with Gasteiger partial charge in [-0.25, -0.2) is 0 Å². The second-order valence-corrected chi connectivity index (χ2v) is 4.34. The molecule has 92 valence electrons. The Morgan fingerprint density at radius 3 is 2.79 bits per heavy atom. The number of hydrogen-bond donors (Lipinski definition) is 0. The van der Waals surface area contributed by atoms with Crippen LogP contribution in [0.5, 0.6) is 0 Å². The van der Waals surface area contributed by atoms with Gasteiger partial charge in [0.25, 0.3) is 5.91 Å². The fourth-order valence-corrected chi connectivity index (χ4v) is 2.34. The Bertz CT molecular complexity index is 674. The second kappa shape index (κ2) is 4.54. The first-order valence-corrected chi connectivity index (χ1v) is 6.06. The Morgan fingerprint density at radius 2 is 2.05 bits per heavy atom. The van der Waals surface area contributed by atoms with E-state index >= 15 is 0 Å². The Balaban J connectivity index is 2.04. The maximum absolute atomic E-state index is 12.5. The van der Waals surface area contributed by atoms with E-state index in [9.17, 15) is 4.79 Å². The molecule has 0 fully saturated rings. The van der Waals surface area contributed by atoms with E-state index in [4.69, 9.17) is 5.26 Å². The smallest absolute Gasteiger partial charge is 0.258 e. The molecule has 2 aromatic rings. The monoisotopic (exact) mass is 249 g/mol. The van der Waals surface area contributed by atoms with Crippen molar-refractivity contribution in [2.45, 2.75) is 6.42 Å². The number of benzene rings is 1. The van der Waals surface area contributed by atoms with Gasteiger partial charge in [0.1, 0.15) is 6.07 Å². The molecule has 0 atom stereocenters. The molecule has 0 unspecified atom stereocenters. The summed E-state index contributed by atoms with van der Waals surface area (Å²) >= 11 is 0. The summed E-state index contributed by atoms with van der Waals surface area (Å²) in [5.74, 6) is -0.0798. The van der Waals surface area contributed by atoms with Crippen LogP contribution >= 0.6 is 0 Å². The molecule has 1 aliphatic rings. The van der Waals surface area contributed by atoms with Crippen LogP contribution in [0.4, 0.5) is 5.69 Å². The highest BCUT2D eigenvalue weighted by Crippen LogP contribution is 2.30. The molecule has 19 heavy (non-hydrogen) atoms. The summed E-state index contributed by atoms with van der Waals surface area (Å²) in [6.07, 6.45) is 2.32. The molecule has 4 heteroatoms. The van der Waals surface area contributed by atoms with E-state index in [0.717, 1.165) is 5.69 Å². The molecule has 0 saturated carbocycles. The first kappa shape index (κ1) is 11.4. The highest BCUT2D eigenvalue weighted by molar-refractivity contribution is 6.07. The summed E-state index contributed by atoms with van der Waals surface area (Å²) < 4.78 is 0. The molecule has 4 nitrogen and oxygen atoms in total. The number of fused-ring (bicyclic) bond motifs is 1. The second-order valence-electron chi connectivity index (χ2n) is 4.34. The minimum atomic E-state index is -0.0798. The van der Waals surface area contributed by atoms with Gasteiger partial charge in [-0.05, 0) is 18.2 Å². The number of carbonyl (C=O) groups excluding carboxylic acids is 1. The van der Waals surface area contributed by atoms with E-state index in [-0.39, 0.29) is 5.91 Å². The Morgan fingerprint density at radius 1 is 1.26 bits per heavy atom. The number of anilines is 1. The van der Waals surface area contributed by atoms with Crippen LogP contribution in [0.25, 0.3) is 0 Å². The molecule has 0 N–H and O–H groups in total. The van der Waals surface area contributed by atoms with Gasteiger partial charge in [-0.15, -0.1) is 0 Å². The number of carbonyl (C=O) groups is 1. The fraction of sp³-hybridized carbons (Fsp3) is 0.133. The van der Waals surface area contributed by atoms with Crippen molar-refractivity contribution in [3.05, 3.63) is 59.4 Å². The quantitative estimate of drug-likeness (QED) is 0.778. The Hall–Kier alpha value is -2.67. The lowest BCUT2D eigenvalue weighted by molar-refractivity contribution is 0.0989. The molecule has 0 spiro atoms. The molecule has 1 amide bonds. The minimum absolute atomic E-state index is 0.0798. The molecule has 3 rings (SSSR count).